The van der Waals surface area contributed by atoms with Gasteiger partial charge in [0, 0.05) is 33.7 Å². The van der Waals surface area contributed by atoms with Gasteiger partial charge in [-0.3, -0.25) is 10.1 Å². The number of nitrogens with one attached hydrogen (secondary N) is 1. The van der Waals surface area contributed by atoms with Crippen LogP contribution in [0.1, 0.15) is 5.56 Å². The second-order valence-electron chi connectivity index (χ2n) is 4.23. The first-order chi connectivity index (χ1) is 10.0. The molecule has 0 spiro atoms. The molecule has 0 saturated heterocycles. The SMILES string of the molecule is COc1ccc(Cl)cc1CNc1cc([N+](=O)[O-])ccc1Br. The minimum Gasteiger partial charge on any atom is -0.496 e. The second kappa shape index (κ2) is 6.78. The number of nitro groups is 1. The van der Waals surface area contributed by atoms with Crippen molar-refractivity contribution < 1.29 is 9.66 Å². The van der Waals surface area contributed by atoms with Crippen molar-refractivity contribution in [1.29, 1.82) is 0 Å². The van der Waals surface area contributed by atoms with Gasteiger partial charge in [0.1, 0.15) is 5.75 Å². The molecule has 110 valence electrons. The predicted octanol–water partition coefficient (Wildman–Crippen LogP) is 4.63. The third-order valence-electron chi connectivity index (χ3n) is 2.87. The normalized spacial score (nSPS) is 10.2. The van der Waals surface area contributed by atoms with E-state index in [2.05, 4.69) is 21.2 Å². The van der Waals surface area contributed by atoms with E-state index in [0.717, 1.165) is 10.0 Å². The molecular weight excluding hydrogens is 360 g/mol. The number of hydrogen-bond donors (Lipinski definition) is 1. The van der Waals surface area contributed by atoms with Gasteiger partial charge in [-0.1, -0.05) is 11.6 Å². The van der Waals surface area contributed by atoms with E-state index in [0.29, 0.717) is 23.0 Å². The van der Waals surface area contributed by atoms with Crippen LogP contribution in [0.5, 0.6) is 5.75 Å². The maximum absolute atomic E-state index is 10.8. The van der Waals surface area contributed by atoms with Gasteiger partial charge in [0.2, 0.25) is 0 Å². The molecule has 0 saturated carbocycles. The summed E-state index contributed by atoms with van der Waals surface area (Å²) >= 11 is 9.33. The fourth-order valence-electron chi connectivity index (χ4n) is 1.84. The molecule has 2 aromatic carbocycles. The van der Waals surface area contributed by atoms with Crippen LogP contribution in [0.15, 0.2) is 40.9 Å². The summed E-state index contributed by atoms with van der Waals surface area (Å²) in [5.41, 5.74) is 1.52. The smallest absolute Gasteiger partial charge is 0.271 e. The molecule has 0 bridgehead atoms. The third-order valence-corrected chi connectivity index (χ3v) is 3.80. The van der Waals surface area contributed by atoms with E-state index in [1.165, 1.54) is 12.1 Å². The molecule has 21 heavy (non-hydrogen) atoms. The summed E-state index contributed by atoms with van der Waals surface area (Å²) in [6.45, 7) is 0.434. The number of nitrogens with zero attached hydrogens (tertiary/aromatic N) is 1. The van der Waals surface area contributed by atoms with E-state index < -0.39 is 4.92 Å². The topological polar surface area (TPSA) is 64.4 Å². The van der Waals surface area contributed by atoms with Gasteiger partial charge < -0.3 is 10.1 Å². The van der Waals surface area contributed by atoms with Crippen LogP contribution >= 0.6 is 27.5 Å². The molecule has 1 N–H and O–H groups in total. The summed E-state index contributed by atoms with van der Waals surface area (Å²) in [5.74, 6) is 0.702. The highest BCUT2D eigenvalue weighted by molar-refractivity contribution is 9.10. The van der Waals surface area contributed by atoms with Crippen molar-refractivity contribution in [3.8, 4) is 5.75 Å². The number of anilines is 1. The Labute approximate surface area is 135 Å². The molecule has 0 heterocycles. The lowest BCUT2D eigenvalue weighted by Crippen LogP contribution is -2.03. The molecule has 0 amide bonds. The average molecular weight is 372 g/mol. The average Bonchev–Trinajstić information content (AvgIpc) is 2.46. The van der Waals surface area contributed by atoms with E-state index in [9.17, 15) is 10.1 Å². The number of nitro benzene ring substituents is 1. The summed E-state index contributed by atoms with van der Waals surface area (Å²) in [4.78, 5) is 10.4. The fourth-order valence-corrected chi connectivity index (χ4v) is 2.42. The van der Waals surface area contributed by atoms with Gasteiger partial charge in [-0.25, -0.2) is 0 Å². The van der Waals surface area contributed by atoms with E-state index in [1.54, 1.807) is 31.4 Å². The van der Waals surface area contributed by atoms with Crippen LogP contribution in [0.2, 0.25) is 5.02 Å². The molecule has 0 radical (unpaired) electrons. The zero-order valence-corrected chi connectivity index (χ0v) is 13.4. The van der Waals surface area contributed by atoms with E-state index >= 15 is 0 Å². The first-order valence-electron chi connectivity index (χ1n) is 6.01. The highest BCUT2D eigenvalue weighted by Gasteiger charge is 2.10. The maximum atomic E-state index is 10.8. The summed E-state index contributed by atoms with van der Waals surface area (Å²) in [5, 5.41) is 14.5. The van der Waals surface area contributed by atoms with Gasteiger partial charge in [-0.15, -0.1) is 0 Å². The number of hydrogen-bond acceptors (Lipinski definition) is 4. The quantitative estimate of drug-likeness (QED) is 0.614. The zero-order valence-electron chi connectivity index (χ0n) is 11.1. The Kier molecular flexibility index (Phi) is 5.03. The highest BCUT2D eigenvalue weighted by atomic mass is 79.9. The third kappa shape index (κ3) is 3.86. The van der Waals surface area contributed by atoms with Crippen molar-refractivity contribution in [3.63, 3.8) is 0 Å². The molecule has 7 heteroatoms. The predicted molar refractivity (Wildman–Crippen MR) is 86.1 cm³/mol. The van der Waals surface area contributed by atoms with Crippen LogP contribution in [0, 0.1) is 10.1 Å². The number of non-ortho nitro benzene ring substituents is 1. The Morgan fingerprint density at radius 2 is 2.10 bits per heavy atom. The van der Waals surface area contributed by atoms with Gasteiger partial charge in [-0.2, -0.15) is 0 Å². The van der Waals surface area contributed by atoms with E-state index in [4.69, 9.17) is 16.3 Å². The van der Waals surface area contributed by atoms with Crippen molar-refractivity contribution in [2.75, 3.05) is 12.4 Å². The van der Waals surface area contributed by atoms with Crippen LogP contribution in [0.3, 0.4) is 0 Å². The Morgan fingerprint density at radius 1 is 1.33 bits per heavy atom. The molecule has 0 aliphatic heterocycles. The van der Waals surface area contributed by atoms with Crippen LogP contribution < -0.4 is 10.1 Å². The molecule has 0 unspecified atom stereocenters. The lowest BCUT2D eigenvalue weighted by molar-refractivity contribution is -0.384. The second-order valence-corrected chi connectivity index (χ2v) is 5.52. The molecule has 0 fully saturated rings. The van der Waals surface area contributed by atoms with E-state index in [-0.39, 0.29) is 5.69 Å². The van der Waals surface area contributed by atoms with E-state index in [1.807, 2.05) is 0 Å². The van der Waals surface area contributed by atoms with Gasteiger partial charge in [-0.05, 0) is 40.2 Å². The van der Waals surface area contributed by atoms with Crippen molar-refractivity contribution in [3.05, 3.63) is 61.6 Å². The Bertz CT molecular complexity index is 679. The molecule has 0 aliphatic rings. The Hall–Kier alpha value is -1.79. The molecule has 2 rings (SSSR count). The van der Waals surface area contributed by atoms with Gasteiger partial charge in [0.25, 0.3) is 5.69 Å². The van der Waals surface area contributed by atoms with Crippen LogP contribution in [-0.4, -0.2) is 12.0 Å². The van der Waals surface area contributed by atoms with Gasteiger partial charge >= 0.3 is 0 Å². The standard InChI is InChI=1S/C14H12BrClN2O3/c1-21-14-5-2-10(16)6-9(14)8-17-13-7-11(18(19)20)3-4-12(13)15/h2-7,17H,8H2,1H3. The summed E-state index contributed by atoms with van der Waals surface area (Å²) in [7, 11) is 1.58. The molecule has 0 aromatic heterocycles. The molecule has 0 aliphatic carbocycles. The van der Waals surface area contributed by atoms with Crippen LogP contribution in [0.4, 0.5) is 11.4 Å². The van der Waals surface area contributed by atoms with Crippen LogP contribution in [0.25, 0.3) is 0 Å². The largest absolute Gasteiger partial charge is 0.496 e. The number of rotatable bonds is 5. The number of halogens is 2. The van der Waals surface area contributed by atoms with Crippen molar-refractivity contribution in [1.82, 2.24) is 0 Å². The monoisotopic (exact) mass is 370 g/mol. The zero-order chi connectivity index (χ0) is 15.4. The first-order valence-corrected chi connectivity index (χ1v) is 7.18. The summed E-state index contributed by atoms with van der Waals surface area (Å²) < 4.78 is 6.01. The fraction of sp³-hybridized carbons (Fsp3) is 0.143. The lowest BCUT2D eigenvalue weighted by atomic mass is 10.2. The Balaban J connectivity index is 2.22. The van der Waals surface area contributed by atoms with Crippen molar-refractivity contribution >= 4 is 38.9 Å². The summed E-state index contributed by atoms with van der Waals surface area (Å²) in [6.07, 6.45) is 0. The van der Waals surface area contributed by atoms with Crippen LogP contribution in [-0.2, 0) is 6.54 Å². The number of ether oxygens (including phenoxy) is 1. The first kappa shape index (κ1) is 15.6. The molecular formula is C14H12BrClN2O3. The molecule has 5 nitrogen and oxygen atoms in total. The highest BCUT2D eigenvalue weighted by Crippen LogP contribution is 2.29. The van der Waals surface area contributed by atoms with Crippen molar-refractivity contribution in [2.24, 2.45) is 0 Å². The van der Waals surface area contributed by atoms with Gasteiger partial charge in [0.05, 0.1) is 17.7 Å². The molecule has 0 atom stereocenters. The minimum atomic E-state index is -0.433. The van der Waals surface area contributed by atoms with Gasteiger partial charge in [0.15, 0.2) is 0 Å². The number of benzene rings is 2. The minimum absolute atomic E-state index is 0.0266. The Morgan fingerprint density at radius 3 is 2.76 bits per heavy atom. The van der Waals surface area contributed by atoms with Crippen molar-refractivity contribution in [2.45, 2.75) is 6.54 Å². The molecule has 2 aromatic rings. The number of methoxy groups -OCH3 is 1. The maximum Gasteiger partial charge on any atom is 0.271 e. The summed E-state index contributed by atoms with van der Waals surface area (Å²) in [6, 6.07) is 9.86. The lowest BCUT2D eigenvalue weighted by Gasteiger charge is -2.12.